The molecule has 0 bridgehead atoms. The number of nitrogens with zero attached hydrogens (tertiary/aromatic N) is 1. The Bertz CT molecular complexity index is 293. The summed E-state index contributed by atoms with van der Waals surface area (Å²) in [5.41, 5.74) is 0. The van der Waals surface area contributed by atoms with Crippen LogP contribution in [0.25, 0.3) is 0 Å². The predicted molar refractivity (Wildman–Crippen MR) is 56.5 cm³/mol. The van der Waals surface area contributed by atoms with Crippen LogP contribution >= 0.6 is 23.1 Å². The fourth-order valence-corrected chi connectivity index (χ4v) is 2.40. The lowest BCUT2D eigenvalue weighted by Gasteiger charge is -1.90. The van der Waals surface area contributed by atoms with Crippen molar-refractivity contribution in [2.45, 2.75) is 19.6 Å². The van der Waals surface area contributed by atoms with Crippen LogP contribution in [-0.4, -0.2) is 10.7 Å². The van der Waals surface area contributed by atoms with Gasteiger partial charge in [0.25, 0.3) is 0 Å². The summed E-state index contributed by atoms with van der Waals surface area (Å²) in [6, 6.07) is 0. The second kappa shape index (κ2) is 5.23. The highest BCUT2D eigenvalue weighted by Gasteiger charge is 1.96. The van der Waals surface area contributed by atoms with Crippen molar-refractivity contribution in [3.8, 4) is 11.8 Å². The van der Waals surface area contributed by atoms with Crippen LogP contribution in [0.15, 0.2) is 6.20 Å². The first kappa shape index (κ1) is 9.63. The third-order valence-electron chi connectivity index (χ3n) is 1.25. The molecular weight excluding hydrogens is 186 g/mol. The van der Waals surface area contributed by atoms with Gasteiger partial charge in [0.15, 0.2) is 0 Å². The van der Waals surface area contributed by atoms with Crippen molar-refractivity contribution in [3.05, 3.63) is 16.1 Å². The van der Waals surface area contributed by atoms with Gasteiger partial charge >= 0.3 is 0 Å². The molecule has 1 nitrogen and oxygen atoms in total. The van der Waals surface area contributed by atoms with Gasteiger partial charge in [-0.05, 0) is 13.8 Å². The minimum absolute atomic E-state index is 0.912. The average molecular weight is 197 g/mol. The standard InChI is InChI=1S/C9H11NS2/c1-3-4-5-11-7-9-10-6-8(2)12-9/h6H,5,7H2,1-2H3. The third kappa shape index (κ3) is 3.29. The molecule has 64 valence electrons. The fraction of sp³-hybridized carbons (Fsp3) is 0.444. The Morgan fingerprint density at radius 1 is 1.67 bits per heavy atom. The maximum atomic E-state index is 4.26. The van der Waals surface area contributed by atoms with E-state index in [1.54, 1.807) is 11.3 Å². The first-order valence-corrected chi connectivity index (χ1v) is 5.68. The van der Waals surface area contributed by atoms with Crippen LogP contribution in [0, 0.1) is 18.8 Å². The third-order valence-corrected chi connectivity index (χ3v) is 3.17. The number of aromatic nitrogens is 1. The van der Waals surface area contributed by atoms with E-state index in [2.05, 4.69) is 23.7 Å². The van der Waals surface area contributed by atoms with Crippen molar-refractivity contribution < 1.29 is 0 Å². The van der Waals surface area contributed by atoms with Gasteiger partial charge in [-0.25, -0.2) is 4.98 Å². The van der Waals surface area contributed by atoms with E-state index in [0.717, 1.165) is 11.5 Å². The van der Waals surface area contributed by atoms with Crippen molar-refractivity contribution in [1.82, 2.24) is 4.98 Å². The quantitative estimate of drug-likeness (QED) is 0.546. The van der Waals surface area contributed by atoms with Gasteiger partial charge in [0, 0.05) is 16.8 Å². The molecule has 1 heterocycles. The second-order valence-corrected chi connectivity index (χ2v) is 4.59. The molecule has 0 atom stereocenters. The largest absolute Gasteiger partial charge is 0.249 e. The second-order valence-electron chi connectivity index (χ2n) is 2.28. The molecule has 0 amide bonds. The number of thiazole rings is 1. The van der Waals surface area contributed by atoms with E-state index in [0.29, 0.717) is 0 Å². The normalized spacial score (nSPS) is 9.17. The summed E-state index contributed by atoms with van der Waals surface area (Å²) in [7, 11) is 0. The lowest BCUT2D eigenvalue weighted by molar-refractivity contribution is 1.26. The summed E-state index contributed by atoms with van der Waals surface area (Å²) in [6.07, 6.45) is 1.92. The topological polar surface area (TPSA) is 12.9 Å². The monoisotopic (exact) mass is 197 g/mol. The molecule has 3 heteroatoms. The fourth-order valence-electron chi connectivity index (χ4n) is 0.730. The van der Waals surface area contributed by atoms with Gasteiger partial charge in [-0.1, -0.05) is 5.92 Å². The summed E-state index contributed by atoms with van der Waals surface area (Å²) in [4.78, 5) is 5.55. The average Bonchev–Trinajstić information content (AvgIpc) is 2.45. The summed E-state index contributed by atoms with van der Waals surface area (Å²) in [5.74, 6) is 7.79. The summed E-state index contributed by atoms with van der Waals surface area (Å²) in [6.45, 7) is 3.95. The van der Waals surface area contributed by atoms with Crippen LogP contribution in [0.5, 0.6) is 0 Å². The molecule has 0 N–H and O–H groups in total. The smallest absolute Gasteiger partial charge is 0.103 e. The van der Waals surface area contributed by atoms with Crippen LogP contribution in [-0.2, 0) is 5.75 Å². The van der Waals surface area contributed by atoms with Crippen molar-refractivity contribution >= 4 is 23.1 Å². The van der Waals surface area contributed by atoms with E-state index in [4.69, 9.17) is 0 Å². The molecular formula is C9H11NS2. The molecule has 0 aliphatic heterocycles. The number of thioether (sulfide) groups is 1. The molecule has 0 fully saturated rings. The Balaban J connectivity index is 2.27. The maximum absolute atomic E-state index is 4.26. The molecule has 1 aromatic rings. The van der Waals surface area contributed by atoms with Crippen LogP contribution in [0.1, 0.15) is 16.8 Å². The molecule has 0 saturated carbocycles. The van der Waals surface area contributed by atoms with E-state index in [-0.39, 0.29) is 0 Å². The van der Waals surface area contributed by atoms with Gasteiger partial charge in [0.1, 0.15) is 5.01 Å². The summed E-state index contributed by atoms with van der Waals surface area (Å²) >= 11 is 3.58. The molecule has 12 heavy (non-hydrogen) atoms. The Morgan fingerprint density at radius 3 is 3.08 bits per heavy atom. The van der Waals surface area contributed by atoms with Crippen molar-refractivity contribution in [3.63, 3.8) is 0 Å². The van der Waals surface area contributed by atoms with Crippen molar-refractivity contribution in [2.75, 3.05) is 5.75 Å². The van der Waals surface area contributed by atoms with Gasteiger partial charge in [-0.2, -0.15) is 0 Å². The van der Waals surface area contributed by atoms with Crippen LogP contribution < -0.4 is 0 Å². The lowest BCUT2D eigenvalue weighted by atomic mass is 10.6. The Kier molecular flexibility index (Phi) is 4.20. The number of hydrogen-bond acceptors (Lipinski definition) is 3. The SMILES string of the molecule is CC#CCSCc1ncc(C)s1. The molecule has 0 spiro atoms. The predicted octanol–water partition coefficient (Wildman–Crippen LogP) is 2.71. The van der Waals surface area contributed by atoms with Gasteiger partial charge in [0.2, 0.25) is 0 Å². The van der Waals surface area contributed by atoms with Crippen LogP contribution in [0.4, 0.5) is 0 Å². The Hall–Kier alpha value is -0.460. The van der Waals surface area contributed by atoms with Crippen LogP contribution in [0.2, 0.25) is 0 Å². The number of hydrogen-bond donors (Lipinski definition) is 0. The zero-order valence-corrected chi connectivity index (χ0v) is 8.89. The Labute approximate surface area is 81.6 Å². The van der Waals surface area contributed by atoms with Crippen molar-refractivity contribution in [1.29, 1.82) is 0 Å². The molecule has 0 radical (unpaired) electrons. The molecule has 1 aromatic heterocycles. The molecule has 1 rings (SSSR count). The highest BCUT2D eigenvalue weighted by Crippen LogP contribution is 2.17. The maximum Gasteiger partial charge on any atom is 0.103 e. The Morgan fingerprint density at radius 2 is 2.50 bits per heavy atom. The zero-order valence-electron chi connectivity index (χ0n) is 7.26. The van der Waals surface area contributed by atoms with Gasteiger partial charge in [-0.3, -0.25) is 0 Å². The van der Waals surface area contributed by atoms with Gasteiger partial charge in [-0.15, -0.1) is 29.0 Å². The zero-order chi connectivity index (χ0) is 8.81. The number of aryl methyl sites for hydroxylation is 1. The van der Waals surface area contributed by atoms with E-state index in [9.17, 15) is 0 Å². The summed E-state index contributed by atoms with van der Waals surface area (Å²) in [5, 5.41) is 1.20. The lowest BCUT2D eigenvalue weighted by Crippen LogP contribution is -1.77. The molecule has 0 aliphatic carbocycles. The molecule has 0 aliphatic rings. The molecule has 0 aromatic carbocycles. The van der Waals surface area contributed by atoms with E-state index >= 15 is 0 Å². The minimum atomic E-state index is 0.912. The first-order chi connectivity index (χ1) is 5.83. The molecule has 0 saturated heterocycles. The van der Waals surface area contributed by atoms with E-state index in [1.165, 1.54) is 9.88 Å². The highest BCUT2D eigenvalue weighted by atomic mass is 32.2. The first-order valence-electron chi connectivity index (χ1n) is 3.71. The van der Waals surface area contributed by atoms with Gasteiger partial charge in [0.05, 0.1) is 5.75 Å². The van der Waals surface area contributed by atoms with E-state index in [1.807, 2.05) is 24.9 Å². The van der Waals surface area contributed by atoms with E-state index < -0.39 is 0 Å². The number of rotatable bonds is 3. The van der Waals surface area contributed by atoms with Gasteiger partial charge < -0.3 is 0 Å². The van der Waals surface area contributed by atoms with Crippen LogP contribution in [0.3, 0.4) is 0 Å². The minimum Gasteiger partial charge on any atom is -0.249 e. The highest BCUT2D eigenvalue weighted by molar-refractivity contribution is 7.98. The summed E-state index contributed by atoms with van der Waals surface area (Å²) < 4.78 is 0. The van der Waals surface area contributed by atoms with Crippen molar-refractivity contribution in [2.24, 2.45) is 0 Å². The molecule has 0 unspecified atom stereocenters.